The maximum Gasteiger partial charge on any atom is 0.251 e. The average molecular weight is 293 g/mol. The molecule has 0 spiro atoms. The maximum atomic E-state index is 12.1. The lowest BCUT2D eigenvalue weighted by molar-refractivity contribution is 0.0905. The lowest BCUT2D eigenvalue weighted by Gasteiger charge is -2.10. The molecule has 0 aromatic carbocycles. The van der Waals surface area contributed by atoms with Crippen LogP contribution in [0.1, 0.15) is 56.1 Å². The predicted octanol–water partition coefficient (Wildman–Crippen LogP) is 2.58. The number of nitrogens with one attached hydrogen (secondary N) is 1. The quantitative estimate of drug-likeness (QED) is 0.722. The highest BCUT2D eigenvalue weighted by Gasteiger charge is 2.10. The molecule has 21 heavy (non-hydrogen) atoms. The Bertz CT molecular complexity index is 459. The van der Waals surface area contributed by atoms with Crippen LogP contribution in [0.2, 0.25) is 0 Å². The van der Waals surface area contributed by atoms with E-state index in [0.29, 0.717) is 30.5 Å². The normalized spacial score (nSPS) is 11.1. The van der Waals surface area contributed by atoms with Gasteiger partial charge in [-0.1, -0.05) is 27.7 Å². The molecule has 5 heteroatoms. The highest BCUT2D eigenvalue weighted by atomic mass is 16.5. The van der Waals surface area contributed by atoms with Crippen molar-refractivity contribution in [1.29, 1.82) is 0 Å². The van der Waals surface area contributed by atoms with Crippen molar-refractivity contribution in [3.8, 4) is 0 Å². The van der Waals surface area contributed by atoms with E-state index in [0.717, 1.165) is 18.7 Å². The first-order valence-electron chi connectivity index (χ1n) is 7.53. The van der Waals surface area contributed by atoms with Gasteiger partial charge in [0.25, 0.3) is 5.91 Å². The van der Waals surface area contributed by atoms with E-state index in [2.05, 4.69) is 24.1 Å². The van der Waals surface area contributed by atoms with E-state index in [-0.39, 0.29) is 11.8 Å². The SMILES string of the molecule is CC(C)CCOCCNC(=O)c1cc(N)nc(C(C)C)c1. The minimum absolute atomic E-state index is 0.140. The third-order valence-corrected chi connectivity index (χ3v) is 3.09. The Hall–Kier alpha value is -1.62. The highest BCUT2D eigenvalue weighted by molar-refractivity contribution is 5.94. The summed E-state index contributed by atoms with van der Waals surface area (Å²) in [7, 11) is 0. The van der Waals surface area contributed by atoms with Crippen LogP contribution >= 0.6 is 0 Å². The van der Waals surface area contributed by atoms with Crippen molar-refractivity contribution in [3.63, 3.8) is 0 Å². The number of hydrogen-bond donors (Lipinski definition) is 2. The zero-order valence-electron chi connectivity index (χ0n) is 13.5. The average Bonchev–Trinajstić information content (AvgIpc) is 2.41. The van der Waals surface area contributed by atoms with Gasteiger partial charge >= 0.3 is 0 Å². The summed E-state index contributed by atoms with van der Waals surface area (Å²) >= 11 is 0. The van der Waals surface area contributed by atoms with Gasteiger partial charge in [0.15, 0.2) is 0 Å². The molecule has 1 rings (SSSR count). The van der Waals surface area contributed by atoms with Crippen LogP contribution < -0.4 is 11.1 Å². The van der Waals surface area contributed by atoms with Crippen molar-refractivity contribution in [2.45, 2.75) is 40.0 Å². The van der Waals surface area contributed by atoms with E-state index in [9.17, 15) is 4.79 Å². The van der Waals surface area contributed by atoms with Gasteiger partial charge in [-0.15, -0.1) is 0 Å². The molecule has 0 aliphatic heterocycles. The number of carbonyl (C=O) groups excluding carboxylic acids is 1. The van der Waals surface area contributed by atoms with Gasteiger partial charge in [-0.05, 0) is 30.4 Å². The van der Waals surface area contributed by atoms with E-state index >= 15 is 0 Å². The molecule has 1 heterocycles. The first-order chi connectivity index (χ1) is 9.90. The molecular formula is C16H27N3O2. The van der Waals surface area contributed by atoms with Crippen LogP contribution in [-0.4, -0.2) is 30.6 Å². The number of nitrogens with two attached hydrogens (primary N) is 1. The van der Waals surface area contributed by atoms with Gasteiger partial charge < -0.3 is 15.8 Å². The summed E-state index contributed by atoms with van der Waals surface area (Å²) in [5, 5.41) is 2.83. The smallest absolute Gasteiger partial charge is 0.251 e. The molecular weight excluding hydrogens is 266 g/mol. The number of carbonyl (C=O) groups is 1. The van der Waals surface area contributed by atoms with Crippen molar-refractivity contribution in [2.24, 2.45) is 5.92 Å². The first-order valence-corrected chi connectivity index (χ1v) is 7.53. The molecule has 0 unspecified atom stereocenters. The van der Waals surface area contributed by atoms with Gasteiger partial charge in [0.1, 0.15) is 5.82 Å². The fraction of sp³-hybridized carbons (Fsp3) is 0.625. The molecule has 1 aromatic heterocycles. The summed E-state index contributed by atoms with van der Waals surface area (Å²) in [4.78, 5) is 16.3. The second kappa shape index (κ2) is 8.62. The third-order valence-electron chi connectivity index (χ3n) is 3.09. The summed E-state index contributed by atoms with van der Waals surface area (Å²) in [6, 6.07) is 3.39. The number of rotatable bonds is 8. The number of ether oxygens (including phenoxy) is 1. The van der Waals surface area contributed by atoms with E-state index < -0.39 is 0 Å². The zero-order valence-corrected chi connectivity index (χ0v) is 13.5. The molecule has 118 valence electrons. The molecule has 5 nitrogen and oxygen atoms in total. The lowest BCUT2D eigenvalue weighted by atomic mass is 10.1. The van der Waals surface area contributed by atoms with Crippen molar-refractivity contribution in [3.05, 3.63) is 23.4 Å². The topological polar surface area (TPSA) is 77.2 Å². The minimum atomic E-state index is -0.140. The van der Waals surface area contributed by atoms with Gasteiger partial charge in [-0.2, -0.15) is 0 Å². The Morgan fingerprint density at radius 2 is 2.00 bits per heavy atom. The van der Waals surface area contributed by atoms with Gasteiger partial charge in [0.05, 0.1) is 6.61 Å². The van der Waals surface area contributed by atoms with Gasteiger partial charge in [0.2, 0.25) is 0 Å². The molecule has 0 radical (unpaired) electrons. The fourth-order valence-corrected chi connectivity index (χ4v) is 1.76. The highest BCUT2D eigenvalue weighted by Crippen LogP contribution is 2.15. The molecule has 0 aliphatic carbocycles. The third kappa shape index (κ3) is 6.58. The van der Waals surface area contributed by atoms with Gasteiger partial charge in [-0.3, -0.25) is 4.79 Å². The fourth-order valence-electron chi connectivity index (χ4n) is 1.76. The lowest BCUT2D eigenvalue weighted by Crippen LogP contribution is -2.27. The number of nitrogens with zero attached hydrogens (tertiary/aromatic N) is 1. The van der Waals surface area contributed by atoms with Crippen LogP contribution in [0, 0.1) is 5.92 Å². The Labute approximate surface area is 127 Å². The van der Waals surface area contributed by atoms with E-state index in [1.807, 2.05) is 13.8 Å². The zero-order chi connectivity index (χ0) is 15.8. The van der Waals surface area contributed by atoms with E-state index in [4.69, 9.17) is 10.5 Å². The van der Waals surface area contributed by atoms with Gasteiger partial charge in [-0.25, -0.2) is 4.98 Å². The molecule has 3 N–H and O–H groups in total. The second-order valence-electron chi connectivity index (χ2n) is 5.91. The van der Waals surface area contributed by atoms with E-state index in [1.54, 1.807) is 12.1 Å². The Kier molecular flexibility index (Phi) is 7.15. The number of hydrogen-bond acceptors (Lipinski definition) is 4. The van der Waals surface area contributed by atoms with Gasteiger partial charge in [0, 0.05) is 24.4 Å². The number of aromatic nitrogens is 1. The van der Waals surface area contributed by atoms with Crippen LogP contribution in [0.15, 0.2) is 12.1 Å². The van der Waals surface area contributed by atoms with E-state index in [1.165, 1.54) is 0 Å². The van der Waals surface area contributed by atoms with Crippen molar-refractivity contribution in [1.82, 2.24) is 10.3 Å². The summed E-state index contributed by atoms with van der Waals surface area (Å²) < 4.78 is 5.46. The molecule has 0 saturated carbocycles. The van der Waals surface area contributed by atoms with Crippen LogP contribution in [0.5, 0.6) is 0 Å². The predicted molar refractivity (Wildman–Crippen MR) is 85.3 cm³/mol. The molecule has 0 saturated heterocycles. The standard InChI is InChI=1S/C16H27N3O2/c1-11(2)5-7-21-8-6-18-16(20)13-9-14(12(3)4)19-15(17)10-13/h9-12H,5-8H2,1-4H3,(H2,17,19)(H,18,20). The van der Waals surface area contributed by atoms with Crippen molar-refractivity contribution >= 4 is 11.7 Å². The number of pyridine rings is 1. The number of nitrogen functional groups attached to an aromatic ring is 1. The summed E-state index contributed by atoms with van der Waals surface area (Å²) in [6.07, 6.45) is 1.03. The Morgan fingerprint density at radius 1 is 1.29 bits per heavy atom. The summed E-state index contributed by atoms with van der Waals surface area (Å²) in [5.74, 6) is 1.10. The summed E-state index contributed by atoms with van der Waals surface area (Å²) in [6.45, 7) is 10.1. The largest absolute Gasteiger partial charge is 0.384 e. The first kappa shape index (κ1) is 17.4. The molecule has 1 aromatic rings. The molecule has 0 fully saturated rings. The molecule has 0 aliphatic rings. The number of anilines is 1. The van der Waals surface area contributed by atoms with Crippen LogP contribution in [0.3, 0.4) is 0 Å². The van der Waals surface area contributed by atoms with Crippen LogP contribution in [0.4, 0.5) is 5.82 Å². The molecule has 1 amide bonds. The second-order valence-corrected chi connectivity index (χ2v) is 5.91. The van der Waals surface area contributed by atoms with Crippen molar-refractivity contribution < 1.29 is 9.53 Å². The maximum absolute atomic E-state index is 12.1. The Balaban J connectivity index is 2.42. The Morgan fingerprint density at radius 3 is 2.62 bits per heavy atom. The van der Waals surface area contributed by atoms with Crippen LogP contribution in [0.25, 0.3) is 0 Å². The van der Waals surface area contributed by atoms with Crippen molar-refractivity contribution in [2.75, 3.05) is 25.5 Å². The summed E-state index contributed by atoms with van der Waals surface area (Å²) in [5.41, 5.74) is 7.12. The molecule has 0 atom stereocenters. The monoisotopic (exact) mass is 293 g/mol. The number of amides is 1. The van der Waals surface area contributed by atoms with Crippen LogP contribution in [-0.2, 0) is 4.74 Å². The molecule has 0 bridgehead atoms. The minimum Gasteiger partial charge on any atom is -0.384 e.